The van der Waals surface area contributed by atoms with Gasteiger partial charge in [-0.25, -0.2) is 0 Å². The van der Waals surface area contributed by atoms with Gasteiger partial charge in [0.15, 0.2) is 0 Å². The summed E-state index contributed by atoms with van der Waals surface area (Å²) < 4.78 is 0. The SMILES string of the molecule is CCC1CCN(C2(CN)CCN3CCCC32)CC1. The summed E-state index contributed by atoms with van der Waals surface area (Å²) in [7, 11) is 0. The summed E-state index contributed by atoms with van der Waals surface area (Å²) in [6.07, 6.45) is 8.22. The maximum absolute atomic E-state index is 6.25. The molecule has 0 aliphatic carbocycles. The number of rotatable bonds is 3. The number of nitrogens with zero attached hydrogens (tertiary/aromatic N) is 2. The van der Waals surface area contributed by atoms with E-state index in [4.69, 9.17) is 5.73 Å². The van der Waals surface area contributed by atoms with Gasteiger partial charge in [-0.15, -0.1) is 0 Å². The first-order valence-corrected chi connectivity index (χ1v) is 7.99. The number of piperidine rings is 1. The average molecular weight is 251 g/mol. The van der Waals surface area contributed by atoms with Crippen LogP contribution in [0.1, 0.15) is 45.4 Å². The van der Waals surface area contributed by atoms with Crippen LogP contribution in [0.4, 0.5) is 0 Å². The van der Waals surface area contributed by atoms with Crippen molar-refractivity contribution in [2.75, 3.05) is 32.7 Å². The molecule has 0 radical (unpaired) electrons. The molecule has 3 nitrogen and oxygen atoms in total. The van der Waals surface area contributed by atoms with Crippen LogP contribution in [0.15, 0.2) is 0 Å². The van der Waals surface area contributed by atoms with Crippen LogP contribution >= 0.6 is 0 Å². The second-order valence-corrected chi connectivity index (χ2v) is 6.59. The van der Waals surface area contributed by atoms with Crippen LogP contribution in [0.3, 0.4) is 0 Å². The first-order valence-electron chi connectivity index (χ1n) is 7.99. The second kappa shape index (κ2) is 5.10. The van der Waals surface area contributed by atoms with Crippen molar-refractivity contribution in [2.24, 2.45) is 11.7 Å². The quantitative estimate of drug-likeness (QED) is 0.828. The van der Waals surface area contributed by atoms with Crippen LogP contribution in [0.5, 0.6) is 0 Å². The Labute approximate surface area is 112 Å². The molecule has 0 bridgehead atoms. The maximum atomic E-state index is 6.25. The number of likely N-dealkylation sites (tertiary alicyclic amines) is 1. The zero-order valence-corrected chi connectivity index (χ0v) is 11.9. The molecule has 0 aromatic rings. The van der Waals surface area contributed by atoms with Crippen molar-refractivity contribution in [1.29, 1.82) is 0 Å². The fraction of sp³-hybridized carbons (Fsp3) is 1.00. The molecule has 3 heteroatoms. The van der Waals surface area contributed by atoms with Crippen molar-refractivity contribution in [3.05, 3.63) is 0 Å². The standard InChI is InChI=1S/C15H29N3/c1-2-13-5-9-18(10-6-13)15(12-16)7-11-17-8-3-4-14(15)17/h13-14H,2-12,16H2,1H3. The monoisotopic (exact) mass is 251 g/mol. The second-order valence-electron chi connectivity index (χ2n) is 6.59. The van der Waals surface area contributed by atoms with Gasteiger partial charge in [0.2, 0.25) is 0 Å². The van der Waals surface area contributed by atoms with Gasteiger partial charge in [-0.3, -0.25) is 9.80 Å². The van der Waals surface area contributed by atoms with Gasteiger partial charge in [-0.1, -0.05) is 13.3 Å². The molecule has 3 rings (SSSR count). The zero-order chi connectivity index (χ0) is 12.6. The first-order chi connectivity index (χ1) is 8.80. The Morgan fingerprint density at radius 2 is 1.89 bits per heavy atom. The third-order valence-electron chi connectivity index (χ3n) is 5.99. The van der Waals surface area contributed by atoms with Crippen LogP contribution in [-0.2, 0) is 0 Å². The van der Waals surface area contributed by atoms with E-state index in [1.807, 2.05) is 0 Å². The summed E-state index contributed by atoms with van der Waals surface area (Å²) in [5.41, 5.74) is 6.58. The predicted molar refractivity (Wildman–Crippen MR) is 75.6 cm³/mol. The Kier molecular flexibility index (Phi) is 3.65. The molecule has 2 unspecified atom stereocenters. The molecule has 18 heavy (non-hydrogen) atoms. The molecule has 3 fully saturated rings. The minimum absolute atomic E-state index is 0.329. The van der Waals surface area contributed by atoms with Crippen molar-refractivity contribution in [3.8, 4) is 0 Å². The molecule has 0 saturated carbocycles. The van der Waals surface area contributed by atoms with Gasteiger partial charge in [0.05, 0.1) is 0 Å². The van der Waals surface area contributed by atoms with E-state index in [1.165, 1.54) is 64.7 Å². The van der Waals surface area contributed by atoms with Crippen molar-refractivity contribution in [3.63, 3.8) is 0 Å². The highest BCUT2D eigenvalue weighted by atomic mass is 15.3. The number of nitrogens with two attached hydrogens (primary N) is 1. The van der Waals surface area contributed by atoms with E-state index in [0.29, 0.717) is 5.54 Å². The van der Waals surface area contributed by atoms with Gasteiger partial charge in [0, 0.05) is 24.7 Å². The van der Waals surface area contributed by atoms with Gasteiger partial charge in [-0.2, -0.15) is 0 Å². The van der Waals surface area contributed by atoms with E-state index in [9.17, 15) is 0 Å². The van der Waals surface area contributed by atoms with Crippen molar-refractivity contribution < 1.29 is 0 Å². The van der Waals surface area contributed by atoms with E-state index in [-0.39, 0.29) is 0 Å². The van der Waals surface area contributed by atoms with Gasteiger partial charge >= 0.3 is 0 Å². The minimum Gasteiger partial charge on any atom is -0.329 e. The third-order valence-corrected chi connectivity index (χ3v) is 5.99. The Morgan fingerprint density at radius 3 is 2.56 bits per heavy atom. The summed E-state index contributed by atoms with van der Waals surface area (Å²) in [6.45, 7) is 8.39. The summed E-state index contributed by atoms with van der Waals surface area (Å²) in [5.74, 6) is 0.970. The maximum Gasteiger partial charge on any atom is 0.0498 e. The highest BCUT2D eigenvalue weighted by molar-refractivity contribution is 5.10. The van der Waals surface area contributed by atoms with Crippen molar-refractivity contribution in [1.82, 2.24) is 9.80 Å². The lowest BCUT2D eigenvalue weighted by atomic mass is 9.83. The van der Waals surface area contributed by atoms with E-state index in [0.717, 1.165) is 18.5 Å². The molecule has 0 aromatic carbocycles. The predicted octanol–water partition coefficient (Wildman–Crippen LogP) is 1.67. The molecule has 0 spiro atoms. The highest BCUT2D eigenvalue weighted by Gasteiger charge is 2.51. The van der Waals surface area contributed by atoms with Crippen LogP contribution < -0.4 is 5.73 Å². The third kappa shape index (κ3) is 1.91. The minimum atomic E-state index is 0.329. The fourth-order valence-electron chi connectivity index (χ4n) is 4.73. The van der Waals surface area contributed by atoms with Gasteiger partial charge in [-0.05, 0) is 57.7 Å². The number of fused-ring (bicyclic) bond motifs is 1. The summed E-state index contributed by atoms with van der Waals surface area (Å²) in [5, 5.41) is 0. The van der Waals surface area contributed by atoms with Gasteiger partial charge in [0.25, 0.3) is 0 Å². The van der Waals surface area contributed by atoms with E-state index in [1.54, 1.807) is 0 Å². The lowest BCUT2D eigenvalue weighted by Crippen LogP contribution is -2.61. The average Bonchev–Trinajstić information content (AvgIpc) is 3.01. The molecular weight excluding hydrogens is 222 g/mol. The first kappa shape index (κ1) is 12.9. The number of hydrogen-bond acceptors (Lipinski definition) is 3. The molecule has 3 heterocycles. The van der Waals surface area contributed by atoms with Gasteiger partial charge in [0.1, 0.15) is 0 Å². The van der Waals surface area contributed by atoms with Crippen LogP contribution in [0.25, 0.3) is 0 Å². The van der Waals surface area contributed by atoms with E-state index in [2.05, 4.69) is 16.7 Å². The topological polar surface area (TPSA) is 32.5 Å². The molecule has 104 valence electrons. The highest BCUT2D eigenvalue weighted by Crippen LogP contribution is 2.41. The summed E-state index contributed by atoms with van der Waals surface area (Å²) >= 11 is 0. The van der Waals surface area contributed by atoms with E-state index < -0.39 is 0 Å². The Balaban J connectivity index is 1.72. The Bertz CT molecular complexity index is 285. The van der Waals surface area contributed by atoms with Gasteiger partial charge < -0.3 is 5.73 Å². The lowest BCUT2D eigenvalue weighted by Gasteiger charge is -2.47. The molecule has 2 atom stereocenters. The summed E-state index contributed by atoms with van der Waals surface area (Å²) in [4.78, 5) is 5.48. The largest absolute Gasteiger partial charge is 0.329 e. The fourth-order valence-corrected chi connectivity index (χ4v) is 4.73. The van der Waals surface area contributed by atoms with Crippen LogP contribution in [0.2, 0.25) is 0 Å². The van der Waals surface area contributed by atoms with Crippen LogP contribution in [0, 0.1) is 5.92 Å². The Morgan fingerprint density at radius 1 is 1.11 bits per heavy atom. The normalized spacial score (nSPS) is 39.3. The molecular formula is C15H29N3. The summed E-state index contributed by atoms with van der Waals surface area (Å²) in [6, 6.07) is 0.765. The molecule has 2 N–H and O–H groups in total. The molecule has 3 aliphatic rings. The van der Waals surface area contributed by atoms with Crippen LogP contribution in [-0.4, -0.2) is 54.1 Å². The molecule has 0 aromatic heterocycles. The van der Waals surface area contributed by atoms with E-state index >= 15 is 0 Å². The molecule has 3 aliphatic heterocycles. The zero-order valence-electron chi connectivity index (χ0n) is 11.9. The lowest BCUT2D eigenvalue weighted by molar-refractivity contribution is 0.0333. The molecule has 0 amide bonds. The Hall–Kier alpha value is -0.120. The molecule has 3 saturated heterocycles. The van der Waals surface area contributed by atoms with Crippen molar-refractivity contribution >= 4 is 0 Å². The van der Waals surface area contributed by atoms with Crippen molar-refractivity contribution in [2.45, 2.75) is 57.0 Å². The number of hydrogen-bond donors (Lipinski definition) is 1. The smallest absolute Gasteiger partial charge is 0.0498 e.